The van der Waals surface area contributed by atoms with Crippen molar-refractivity contribution in [1.82, 2.24) is 8.81 Å². The van der Waals surface area contributed by atoms with Crippen LogP contribution in [0, 0.1) is 0 Å². The average Bonchev–Trinajstić information content (AvgIpc) is 2.39. The predicted octanol–water partition coefficient (Wildman–Crippen LogP) is 3.72. The summed E-state index contributed by atoms with van der Waals surface area (Å²) in [6, 6.07) is 3.92. The van der Waals surface area contributed by atoms with Crippen molar-refractivity contribution in [2.24, 2.45) is 0 Å². The van der Waals surface area contributed by atoms with Crippen LogP contribution in [0.5, 0.6) is 0 Å². The van der Waals surface area contributed by atoms with E-state index in [1.807, 2.05) is 18.3 Å². The monoisotopic (exact) mass is 352 g/mol. The van der Waals surface area contributed by atoms with E-state index in [0.717, 1.165) is 19.8 Å². The van der Waals surface area contributed by atoms with E-state index >= 15 is 0 Å². The van der Waals surface area contributed by atoms with E-state index in [2.05, 4.69) is 53.1 Å². The van der Waals surface area contributed by atoms with E-state index in [1.165, 1.54) is 0 Å². The quantitative estimate of drug-likeness (QED) is 0.705. The van der Waals surface area contributed by atoms with Gasteiger partial charge in [-0.2, -0.15) is 5.10 Å². The Morgan fingerprint density at radius 1 is 1.25 bits per heavy atom. The molecule has 0 radical (unpaired) electrons. The topological polar surface area (TPSA) is 17.8 Å². The first kappa shape index (κ1) is 8.72. The van der Waals surface area contributed by atoms with Crippen LogP contribution in [0.3, 0.4) is 0 Å². The minimum atomic E-state index is 0.960. The zero-order valence-corrected chi connectivity index (χ0v) is 10.5. The molecule has 0 spiro atoms. The second-order valence-corrected chi connectivity index (χ2v) is 4.69. The Hall–Kier alpha value is 0.130. The first-order valence-corrected chi connectivity index (χ1v) is 5.47. The van der Waals surface area contributed by atoms with Crippen molar-refractivity contribution >= 4 is 58.9 Å². The van der Waals surface area contributed by atoms with Crippen molar-refractivity contribution in [3.05, 3.63) is 27.3 Å². The number of benzene rings is 1. The Morgan fingerprint density at radius 3 is 2.75 bits per heavy atom. The third kappa shape index (κ3) is 1.34. The molecule has 0 aliphatic carbocycles. The molecule has 0 aliphatic rings. The van der Waals surface area contributed by atoms with Gasteiger partial charge in [0.15, 0.2) is 0 Å². The van der Waals surface area contributed by atoms with Crippen LogP contribution in [0.1, 0.15) is 0 Å². The van der Waals surface area contributed by atoms with E-state index < -0.39 is 0 Å². The maximum Gasteiger partial charge on any atom is 0.0945 e. The summed E-state index contributed by atoms with van der Waals surface area (Å²) in [5, 5.41) is 5.28. The van der Waals surface area contributed by atoms with E-state index in [9.17, 15) is 0 Å². The molecule has 0 bridgehead atoms. The molecule has 12 heavy (non-hydrogen) atoms. The van der Waals surface area contributed by atoms with Crippen LogP contribution < -0.4 is 0 Å². The third-order valence-electron chi connectivity index (χ3n) is 1.55. The fraction of sp³-hybridized carbons (Fsp3) is 0. The van der Waals surface area contributed by atoms with Crippen molar-refractivity contribution in [1.29, 1.82) is 0 Å². The van der Waals surface area contributed by atoms with Crippen molar-refractivity contribution in [2.75, 3.05) is 0 Å². The SMILES string of the molecule is Brc1ccc2nn(Br)cc2c1Br. The first-order valence-electron chi connectivity index (χ1n) is 3.18. The summed E-state index contributed by atoms with van der Waals surface area (Å²) in [6.45, 7) is 0. The number of nitrogens with zero attached hydrogens (tertiary/aromatic N) is 2. The molecule has 0 saturated carbocycles. The van der Waals surface area contributed by atoms with Gasteiger partial charge >= 0.3 is 0 Å². The van der Waals surface area contributed by atoms with Gasteiger partial charge in [-0.1, -0.05) is 0 Å². The van der Waals surface area contributed by atoms with Crippen LogP contribution in [-0.2, 0) is 0 Å². The Morgan fingerprint density at radius 2 is 2.00 bits per heavy atom. The highest BCUT2D eigenvalue weighted by molar-refractivity contribution is 9.13. The van der Waals surface area contributed by atoms with Gasteiger partial charge in [-0.05, 0) is 44.0 Å². The lowest BCUT2D eigenvalue weighted by atomic mass is 10.3. The zero-order valence-electron chi connectivity index (χ0n) is 5.76. The number of hydrogen-bond acceptors (Lipinski definition) is 1. The molecule has 2 nitrogen and oxygen atoms in total. The number of hydrogen-bond donors (Lipinski definition) is 0. The van der Waals surface area contributed by atoms with Crippen molar-refractivity contribution in [2.45, 2.75) is 0 Å². The van der Waals surface area contributed by atoms with Crippen molar-refractivity contribution < 1.29 is 0 Å². The molecule has 62 valence electrons. The summed E-state index contributed by atoms with van der Waals surface area (Å²) in [4.78, 5) is 0. The molecule has 0 N–H and O–H groups in total. The molecule has 1 heterocycles. The number of halogens is 3. The molecular formula is C7H3Br3N2. The van der Waals surface area contributed by atoms with Gasteiger partial charge in [0.05, 0.1) is 21.7 Å². The van der Waals surface area contributed by atoms with Crippen LogP contribution in [0.15, 0.2) is 27.3 Å². The van der Waals surface area contributed by atoms with E-state index in [-0.39, 0.29) is 0 Å². The second-order valence-electron chi connectivity index (χ2n) is 2.31. The summed E-state index contributed by atoms with van der Waals surface area (Å²) >= 11 is 10.2. The van der Waals surface area contributed by atoms with Gasteiger partial charge in [-0.15, -0.1) is 0 Å². The standard InChI is InChI=1S/C7H3Br3N2/c8-5-1-2-6-4(7(5)9)3-12(10)11-6/h1-3H. The fourth-order valence-corrected chi connectivity index (χ4v) is 2.16. The first-order chi connectivity index (χ1) is 5.68. The summed E-state index contributed by atoms with van der Waals surface area (Å²) in [7, 11) is 0. The molecule has 0 fully saturated rings. The normalized spacial score (nSPS) is 10.9. The number of aromatic nitrogens is 2. The van der Waals surface area contributed by atoms with Crippen molar-refractivity contribution in [3.8, 4) is 0 Å². The minimum Gasteiger partial charge on any atom is -0.204 e. The van der Waals surface area contributed by atoms with Gasteiger partial charge in [-0.3, -0.25) is 0 Å². The Labute approximate surface area is 94.5 Å². The zero-order chi connectivity index (χ0) is 8.72. The van der Waals surface area contributed by atoms with Gasteiger partial charge in [0, 0.05) is 20.5 Å². The predicted molar refractivity (Wildman–Crippen MR) is 59.5 cm³/mol. The second kappa shape index (κ2) is 3.12. The molecule has 5 heteroatoms. The van der Waals surface area contributed by atoms with Crippen LogP contribution in [0.25, 0.3) is 10.9 Å². The van der Waals surface area contributed by atoms with Crippen LogP contribution >= 0.6 is 48.0 Å². The fourth-order valence-electron chi connectivity index (χ4n) is 1.00. The van der Waals surface area contributed by atoms with Gasteiger partial charge in [0.1, 0.15) is 0 Å². The molecule has 0 saturated heterocycles. The molecular weight excluding hydrogens is 352 g/mol. The van der Waals surface area contributed by atoms with Crippen LogP contribution in [-0.4, -0.2) is 8.81 Å². The lowest BCUT2D eigenvalue weighted by molar-refractivity contribution is 1.06. The van der Waals surface area contributed by atoms with Crippen molar-refractivity contribution in [3.63, 3.8) is 0 Å². The maximum atomic E-state index is 4.20. The van der Waals surface area contributed by atoms with E-state index in [4.69, 9.17) is 0 Å². The Balaban J connectivity index is 2.89. The van der Waals surface area contributed by atoms with E-state index in [0.29, 0.717) is 0 Å². The van der Waals surface area contributed by atoms with Gasteiger partial charge in [-0.25, -0.2) is 3.71 Å². The highest BCUT2D eigenvalue weighted by Gasteiger charge is 2.05. The van der Waals surface area contributed by atoms with Gasteiger partial charge in [0.25, 0.3) is 0 Å². The summed E-state index contributed by atoms with van der Waals surface area (Å²) in [5.74, 6) is 0. The molecule has 1 aromatic heterocycles. The largest absolute Gasteiger partial charge is 0.204 e. The number of fused-ring (bicyclic) bond motifs is 1. The minimum absolute atomic E-state index is 0.960. The third-order valence-corrected chi connectivity index (χ3v) is 3.96. The summed E-state index contributed by atoms with van der Waals surface area (Å²) in [6.07, 6.45) is 1.91. The summed E-state index contributed by atoms with van der Waals surface area (Å²) < 4.78 is 3.69. The maximum absolute atomic E-state index is 4.20. The molecule has 0 aliphatic heterocycles. The highest BCUT2D eigenvalue weighted by atomic mass is 79.9. The lowest BCUT2D eigenvalue weighted by Crippen LogP contribution is -1.74. The molecule has 0 amide bonds. The Bertz CT molecular complexity index is 435. The average molecular weight is 355 g/mol. The molecule has 0 unspecified atom stereocenters. The molecule has 1 aromatic carbocycles. The Kier molecular flexibility index (Phi) is 2.27. The molecule has 2 rings (SSSR count). The van der Waals surface area contributed by atoms with Crippen LogP contribution in [0.2, 0.25) is 0 Å². The lowest BCUT2D eigenvalue weighted by Gasteiger charge is -1.94. The van der Waals surface area contributed by atoms with Crippen LogP contribution in [0.4, 0.5) is 0 Å². The number of rotatable bonds is 0. The molecule has 2 aromatic rings. The van der Waals surface area contributed by atoms with E-state index in [1.54, 1.807) is 3.71 Å². The molecule has 0 atom stereocenters. The van der Waals surface area contributed by atoms with Gasteiger partial charge in [0.2, 0.25) is 0 Å². The smallest absolute Gasteiger partial charge is 0.0945 e. The van der Waals surface area contributed by atoms with Gasteiger partial charge < -0.3 is 0 Å². The highest BCUT2D eigenvalue weighted by Crippen LogP contribution is 2.30. The summed E-state index contributed by atoms with van der Waals surface area (Å²) in [5.41, 5.74) is 0.960.